The van der Waals surface area contributed by atoms with Crippen LogP contribution in [0.4, 0.5) is 5.82 Å². The van der Waals surface area contributed by atoms with Crippen LogP contribution in [0.2, 0.25) is 0 Å². The summed E-state index contributed by atoms with van der Waals surface area (Å²) in [6.07, 6.45) is 2.77. The molecule has 1 saturated heterocycles. The minimum atomic E-state index is -3.72. The monoisotopic (exact) mass is 339 g/mol. The zero-order valence-corrected chi connectivity index (χ0v) is 14.1. The van der Waals surface area contributed by atoms with Crippen molar-refractivity contribution < 1.29 is 18.3 Å². The molecule has 0 amide bonds. The first-order chi connectivity index (χ1) is 10.7. The van der Waals surface area contributed by atoms with Crippen LogP contribution in [0.1, 0.15) is 32.3 Å². The summed E-state index contributed by atoms with van der Waals surface area (Å²) in [5, 5.41) is 8.99. The van der Waals surface area contributed by atoms with Crippen molar-refractivity contribution in [1.82, 2.24) is 9.29 Å². The average molecular weight is 339 g/mol. The van der Waals surface area contributed by atoms with Crippen molar-refractivity contribution in [2.45, 2.75) is 38.6 Å². The maximum absolute atomic E-state index is 13.1. The second-order valence-electron chi connectivity index (χ2n) is 6.83. The molecule has 8 heteroatoms. The maximum atomic E-state index is 13.1. The summed E-state index contributed by atoms with van der Waals surface area (Å²) in [5.41, 5.74) is 0.325. The molecule has 3 heterocycles. The Labute approximate surface area is 136 Å². The summed E-state index contributed by atoms with van der Waals surface area (Å²) in [6, 6.07) is 3.69. The van der Waals surface area contributed by atoms with E-state index in [0.717, 1.165) is 5.56 Å². The lowest BCUT2D eigenvalue weighted by molar-refractivity contribution is -0.138. The molecule has 2 aliphatic heterocycles. The van der Waals surface area contributed by atoms with E-state index < -0.39 is 21.7 Å². The van der Waals surface area contributed by atoms with E-state index in [-0.39, 0.29) is 18.9 Å². The third kappa shape index (κ3) is 2.81. The van der Waals surface area contributed by atoms with E-state index in [9.17, 15) is 13.2 Å². The third-order valence-corrected chi connectivity index (χ3v) is 6.71. The molecule has 1 aromatic rings. The molecule has 0 radical (unpaired) electrons. The number of pyridine rings is 1. The zero-order valence-electron chi connectivity index (χ0n) is 13.3. The Bertz CT molecular complexity index is 732. The van der Waals surface area contributed by atoms with E-state index in [2.05, 4.69) is 4.98 Å². The molecule has 1 atom stereocenters. The minimum Gasteiger partial charge on any atom is -0.481 e. The van der Waals surface area contributed by atoms with Gasteiger partial charge >= 0.3 is 16.2 Å². The highest BCUT2D eigenvalue weighted by Gasteiger charge is 2.48. The Morgan fingerprint density at radius 3 is 2.91 bits per heavy atom. The molecule has 1 N–H and O–H groups in total. The lowest BCUT2D eigenvalue weighted by atomic mass is 9.95. The molecule has 1 unspecified atom stereocenters. The Morgan fingerprint density at radius 2 is 2.22 bits per heavy atom. The van der Waals surface area contributed by atoms with Crippen LogP contribution in [-0.4, -0.2) is 47.4 Å². The van der Waals surface area contributed by atoms with Gasteiger partial charge in [0.2, 0.25) is 0 Å². The number of carboxylic acid groups (broad SMARTS) is 1. The molecule has 0 spiro atoms. The van der Waals surface area contributed by atoms with Gasteiger partial charge in [-0.3, -0.25) is 4.79 Å². The van der Waals surface area contributed by atoms with Gasteiger partial charge in [0.25, 0.3) is 0 Å². The summed E-state index contributed by atoms with van der Waals surface area (Å²) in [4.78, 5) is 15.2. The van der Waals surface area contributed by atoms with Crippen LogP contribution in [0.5, 0.6) is 0 Å². The van der Waals surface area contributed by atoms with Crippen LogP contribution >= 0.6 is 0 Å². The number of carboxylic acids is 1. The number of rotatable bonds is 4. The molecule has 7 nitrogen and oxygen atoms in total. The largest absolute Gasteiger partial charge is 0.481 e. The molecular weight excluding hydrogens is 318 g/mol. The van der Waals surface area contributed by atoms with E-state index in [1.165, 1.54) is 8.61 Å². The third-order valence-electron chi connectivity index (χ3n) is 4.60. The maximum Gasteiger partial charge on any atom is 0.305 e. The van der Waals surface area contributed by atoms with Crippen LogP contribution in [0, 0.1) is 5.92 Å². The van der Waals surface area contributed by atoms with Crippen molar-refractivity contribution in [3.8, 4) is 0 Å². The first kappa shape index (κ1) is 16.2. The topological polar surface area (TPSA) is 90.8 Å². The van der Waals surface area contributed by atoms with E-state index in [4.69, 9.17) is 5.11 Å². The van der Waals surface area contributed by atoms with Gasteiger partial charge in [0, 0.05) is 31.2 Å². The second kappa shape index (κ2) is 5.45. The van der Waals surface area contributed by atoms with Gasteiger partial charge in [0.1, 0.15) is 5.82 Å². The Morgan fingerprint density at radius 1 is 1.48 bits per heavy atom. The fourth-order valence-electron chi connectivity index (χ4n) is 3.67. The highest BCUT2D eigenvalue weighted by atomic mass is 32.2. The van der Waals surface area contributed by atoms with Crippen LogP contribution in [-0.2, 0) is 21.4 Å². The Hall–Kier alpha value is -1.67. The fraction of sp³-hybridized carbons (Fsp3) is 0.600. The highest BCUT2D eigenvalue weighted by molar-refractivity contribution is 7.90. The zero-order chi connectivity index (χ0) is 16.8. The number of nitrogens with zero attached hydrogens (tertiary/aromatic N) is 3. The van der Waals surface area contributed by atoms with Crippen molar-refractivity contribution in [3.63, 3.8) is 0 Å². The van der Waals surface area contributed by atoms with Crippen LogP contribution in [0.3, 0.4) is 0 Å². The smallest absolute Gasteiger partial charge is 0.305 e. The standard InChI is InChI=1S/C15H21N3O4S/c1-15(2)9-11(8-13(19)20)10-18(15)23(21,22)17-7-5-12-4-3-6-16-14(12)17/h3-4,6,11H,5,7-10H2,1-2H3,(H,19,20). The van der Waals surface area contributed by atoms with Crippen molar-refractivity contribution >= 4 is 22.0 Å². The lowest BCUT2D eigenvalue weighted by Crippen LogP contribution is -2.50. The first-order valence-corrected chi connectivity index (χ1v) is 9.08. The van der Waals surface area contributed by atoms with Crippen molar-refractivity contribution in [2.24, 2.45) is 5.92 Å². The van der Waals surface area contributed by atoms with E-state index in [0.29, 0.717) is 25.2 Å². The molecule has 0 aromatic carbocycles. The Balaban J connectivity index is 1.90. The number of carbonyl (C=O) groups is 1. The molecule has 0 aliphatic carbocycles. The molecular formula is C15H21N3O4S. The predicted molar refractivity (Wildman–Crippen MR) is 85.4 cm³/mol. The summed E-state index contributed by atoms with van der Waals surface area (Å²) < 4.78 is 29.0. The second-order valence-corrected chi connectivity index (χ2v) is 8.60. The van der Waals surface area contributed by atoms with Crippen molar-refractivity contribution in [2.75, 3.05) is 17.4 Å². The number of hydrogen-bond donors (Lipinski definition) is 1. The molecule has 0 saturated carbocycles. The van der Waals surface area contributed by atoms with Gasteiger partial charge in [-0.15, -0.1) is 0 Å². The van der Waals surface area contributed by atoms with E-state index in [1.54, 1.807) is 12.3 Å². The summed E-state index contributed by atoms with van der Waals surface area (Å²) >= 11 is 0. The molecule has 1 fully saturated rings. The number of aromatic nitrogens is 1. The van der Waals surface area contributed by atoms with Crippen molar-refractivity contribution in [1.29, 1.82) is 0 Å². The number of fused-ring (bicyclic) bond motifs is 1. The molecule has 0 bridgehead atoms. The number of aliphatic carboxylic acids is 1. The summed E-state index contributed by atoms with van der Waals surface area (Å²) in [5.74, 6) is -0.564. The Kier molecular flexibility index (Phi) is 3.84. The van der Waals surface area contributed by atoms with Gasteiger partial charge < -0.3 is 5.11 Å². The predicted octanol–water partition coefficient (Wildman–Crippen LogP) is 1.26. The molecule has 126 valence electrons. The first-order valence-electron chi connectivity index (χ1n) is 7.68. The van der Waals surface area contributed by atoms with Gasteiger partial charge in [-0.05, 0) is 44.2 Å². The summed E-state index contributed by atoms with van der Waals surface area (Å²) in [6.45, 7) is 4.31. The molecule has 2 aliphatic rings. The normalized spacial score (nSPS) is 23.9. The SMILES string of the molecule is CC1(C)CC(CC(=O)O)CN1S(=O)(=O)N1CCc2cccnc21. The fourth-order valence-corrected chi connectivity index (χ4v) is 5.71. The van der Waals surface area contributed by atoms with Crippen LogP contribution < -0.4 is 4.31 Å². The molecule has 23 heavy (non-hydrogen) atoms. The van der Waals surface area contributed by atoms with Gasteiger partial charge in [-0.2, -0.15) is 12.7 Å². The van der Waals surface area contributed by atoms with Gasteiger partial charge in [0.15, 0.2) is 0 Å². The quantitative estimate of drug-likeness (QED) is 0.892. The lowest BCUT2D eigenvalue weighted by Gasteiger charge is -2.34. The van der Waals surface area contributed by atoms with Gasteiger partial charge in [-0.1, -0.05) is 6.07 Å². The van der Waals surface area contributed by atoms with E-state index in [1.807, 2.05) is 19.9 Å². The summed E-state index contributed by atoms with van der Waals surface area (Å²) in [7, 11) is -3.72. The number of hydrogen-bond acceptors (Lipinski definition) is 4. The van der Waals surface area contributed by atoms with Gasteiger partial charge in [-0.25, -0.2) is 9.29 Å². The minimum absolute atomic E-state index is 0.00964. The van der Waals surface area contributed by atoms with E-state index >= 15 is 0 Å². The van der Waals surface area contributed by atoms with Gasteiger partial charge in [0.05, 0.1) is 0 Å². The molecule has 1 aromatic heterocycles. The number of anilines is 1. The van der Waals surface area contributed by atoms with Crippen LogP contribution in [0.25, 0.3) is 0 Å². The highest BCUT2D eigenvalue weighted by Crippen LogP contribution is 2.39. The molecule has 3 rings (SSSR count). The van der Waals surface area contributed by atoms with Crippen molar-refractivity contribution in [3.05, 3.63) is 23.9 Å². The van der Waals surface area contributed by atoms with Crippen LogP contribution in [0.15, 0.2) is 18.3 Å². The average Bonchev–Trinajstić information content (AvgIpc) is 2.99.